The average Bonchev–Trinajstić information content (AvgIpc) is 3.36. The topological polar surface area (TPSA) is 86.5 Å². The second-order valence-electron chi connectivity index (χ2n) is 9.31. The summed E-state index contributed by atoms with van der Waals surface area (Å²) in [7, 11) is -1.50. The summed E-state index contributed by atoms with van der Waals surface area (Å²) in [5, 5.41) is 14.4. The quantitative estimate of drug-likeness (QED) is 0.126. The van der Waals surface area contributed by atoms with Gasteiger partial charge >= 0.3 is 0 Å². The van der Waals surface area contributed by atoms with Crippen LogP contribution in [0, 0.1) is 0 Å². The molecule has 0 aliphatic rings. The number of nitrogens with two attached hydrogens (primary N) is 1. The maximum Gasteiger partial charge on any atom is 0.145 e. The molecule has 6 nitrogen and oxygen atoms in total. The van der Waals surface area contributed by atoms with Crippen LogP contribution in [0.3, 0.4) is 0 Å². The van der Waals surface area contributed by atoms with Crippen molar-refractivity contribution in [2.45, 2.75) is 49.8 Å². The van der Waals surface area contributed by atoms with Gasteiger partial charge in [0.2, 0.25) is 0 Å². The van der Waals surface area contributed by atoms with Gasteiger partial charge in [-0.1, -0.05) is 73.3 Å². The summed E-state index contributed by atoms with van der Waals surface area (Å²) in [5.74, 6) is 2.37. The maximum atomic E-state index is 11.6. The summed E-state index contributed by atoms with van der Waals surface area (Å²) < 4.78 is 17.5. The van der Waals surface area contributed by atoms with Crippen molar-refractivity contribution in [3.63, 3.8) is 0 Å². The first-order valence-corrected chi connectivity index (χ1v) is 15.8. The van der Waals surface area contributed by atoms with E-state index in [1.807, 2.05) is 54.6 Å². The first-order chi connectivity index (χ1) is 18.6. The van der Waals surface area contributed by atoms with Gasteiger partial charge in [-0.25, -0.2) is 9.35 Å². The first kappa shape index (κ1) is 34.2. The van der Waals surface area contributed by atoms with Crippen molar-refractivity contribution in [3.8, 4) is 22.4 Å². The monoisotopic (exact) mass is 758 g/mol. The van der Waals surface area contributed by atoms with Gasteiger partial charge in [-0.05, 0) is 50.2 Å². The Kier molecular flexibility index (Phi) is 17.6. The molecule has 215 valence electrons. The largest absolute Gasteiger partial charge is 0.794 e. The minimum atomic E-state index is -1.50. The van der Waals surface area contributed by atoms with Crippen molar-refractivity contribution in [2.75, 3.05) is 44.2 Å². The van der Waals surface area contributed by atoms with Crippen LogP contribution in [-0.4, -0.2) is 58.5 Å². The van der Waals surface area contributed by atoms with Crippen LogP contribution in [0.25, 0.3) is 27.7 Å². The van der Waals surface area contributed by atoms with Crippen LogP contribution in [-0.2, 0) is 63.1 Å². The normalized spacial score (nSPS) is 12.0. The minimum Gasteiger partial charge on any atom is -0.794 e. The summed E-state index contributed by atoms with van der Waals surface area (Å²) in [6, 6.07) is 17.6. The van der Waals surface area contributed by atoms with E-state index in [9.17, 15) is 4.21 Å². The molecule has 1 radical (unpaired) electrons. The van der Waals surface area contributed by atoms with E-state index in [4.69, 9.17) is 34.9 Å². The number of aromatic nitrogens is 1. The van der Waals surface area contributed by atoms with Crippen molar-refractivity contribution in [3.05, 3.63) is 65.7 Å². The van der Waals surface area contributed by atoms with Gasteiger partial charge in [0.15, 0.2) is 0 Å². The van der Waals surface area contributed by atoms with Crippen molar-refractivity contribution in [2.24, 2.45) is 5.14 Å². The smallest absolute Gasteiger partial charge is 0.145 e. The van der Waals surface area contributed by atoms with Gasteiger partial charge in [-0.3, -0.25) is 0 Å². The van der Waals surface area contributed by atoms with Gasteiger partial charge < -0.3 is 40.0 Å². The zero-order valence-corrected chi connectivity index (χ0v) is 27.6. The fraction of sp³-hybridized carbons (Fsp3) is 0.483. The molecule has 1 unspecified atom stereocenters. The fourth-order valence-corrected chi connectivity index (χ4v) is 5.31. The predicted octanol–water partition coefficient (Wildman–Crippen LogP) is 5.64. The molecule has 0 aliphatic carbocycles. The summed E-state index contributed by atoms with van der Waals surface area (Å²) in [5.41, 5.74) is 3.85. The molecule has 0 bridgehead atoms. The van der Waals surface area contributed by atoms with E-state index in [-0.39, 0.29) is 20.4 Å². The van der Waals surface area contributed by atoms with Crippen LogP contribution in [0.2, 0.25) is 0 Å². The number of aryl methyl sites for hydroxylation is 1. The molecule has 2 aromatic carbocycles. The Balaban J connectivity index is 0.00000533. The van der Waals surface area contributed by atoms with Gasteiger partial charge in [0.05, 0.1) is 10.5 Å². The zero-order chi connectivity index (χ0) is 27.0. The van der Waals surface area contributed by atoms with Crippen molar-refractivity contribution < 1.29 is 29.2 Å². The second kappa shape index (κ2) is 20.0. The van der Waals surface area contributed by atoms with Crippen LogP contribution in [0.1, 0.15) is 44.3 Å². The van der Waals surface area contributed by atoms with E-state index < -0.39 is 11.0 Å². The van der Waals surface area contributed by atoms with E-state index in [0.717, 1.165) is 85.9 Å². The van der Waals surface area contributed by atoms with Crippen molar-refractivity contribution in [1.82, 2.24) is 10.1 Å². The average molecular weight is 758 g/mol. The molecule has 0 amide bonds. The molecule has 0 saturated carbocycles. The number of rotatable bonds is 19. The Morgan fingerprint density at radius 1 is 0.821 bits per heavy atom. The predicted molar refractivity (Wildman–Crippen MR) is 163 cm³/mol. The van der Waals surface area contributed by atoms with E-state index in [1.54, 1.807) is 0 Å². The van der Waals surface area contributed by atoms with Gasteiger partial charge in [-0.2, -0.15) is 18.1 Å². The van der Waals surface area contributed by atoms with Crippen LogP contribution in [0.15, 0.2) is 64.0 Å². The van der Waals surface area contributed by atoms with Gasteiger partial charge in [0.25, 0.3) is 0 Å². The van der Waals surface area contributed by atoms with Crippen LogP contribution in [0.4, 0.5) is 0 Å². The number of benzene rings is 2. The third-order valence-electron chi connectivity index (χ3n) is 6.54. The fourth-order valence-electron chi connectivity index (χ4n) is 4.52. The number of hydrogen-bond acceptors (Lipinski definition) is 6. The molecule has 2 N–H and O–H groups in total. The van der Waals surface area contributed by atoms with Crippen LogP contribution < -0.4 is 5.14 Å². The summed E-state index contributed by atoms with van der Waals surface area (Å²) >= 11 is 10.1. The molecule has 1 atom stereocenters. The second-order valence-corrected chi connectivity index (χ2v) is 11.2. The van der Waals surface area contributed by atoms with E-state index in [1.165, 1.54) is 25.7 Å². The summed E-state index contributed by atoms with van der Waals surface area (Å²) in [6.45, 7) is 4.70. The van der Waals surface area contributed by atoms with Crippen LogP contribution >= 0.6 is 0 Å². The molecule has 39 heavy (non-hydrogen) atoms. The molecule has 1 aromatic heterocycles. The standard InChI is InChI=1S/C29H41N4O2S3.Re/c30-38(34)26-15-13-24(14-16-26)28-27(35-32-29(28)25-10-6-5-7-11-25)12-8-3-1-2-4-9-19-33(21-23-37)20-17-31-18-22-36;/h5-7,10-11,13-16,36-37H,1-4,8-9,12,17-23,30H2;/q-1;/p-2. The van der Waals surface area contributed by atoms with Gasteiger partial charge in [-0.15, -0.1) is 6.54 Å². The first-order valence-electron chi connectivity index (χ1n) is 13.5. The summed E-state index contributed by atoms with van der Waals surface area (Å²) in [6.07, 6.45) is 7.92. The third-order valence-corrected chi connectivity index (χ3v) is 7.65. The van der Waals surface area contributed by atoms with E-state index >= 15 is 0 Å². The molecule has 1 heterocycles. The molecule has 10 heteroatoms. The van der Waals surface area contributed by atoms with Crippen LogP contribution in [0.5, 0.6) is 0 Å². The van der Waals surface area contributed by atoms with E-state index in [2.05, 4.69) is 15.4 Å². The molecule has 0 spiro atoms. The van der Waals surface area contributed by atoms with Crippen molar-refractivity contribution in [1.29, 1.82) is 0 Å². The Morgan fingerprint density at radius 3 is 2.18 bits per heavy atom. The molecular weight excluding hydrogens is 719 g/mol. The molecule has 0 saturated heterocycles. The zero-order valence-electron chi connectivity index (χ0n) is 22.4. The Hall–Kier alpha value is -0.958. The molecule has 3 aromatic rings. The maximum absolute atomic E-state index is 11.6. The van der Waals surface area contributed by atoms with Crippen molar-refractivity contribution >= 4 is 36.2 Å². The number of hydrogen-bond donors (Lipinski definition) is 1. The van der Waals surface area contributed by atoms with Gasteiger partial charge in [0.1, 0.15) is 22.4 Å². The number of unbranched alkanes of at least 4 members (excludes halogenated alkanes) is 5. The van der Waals surface area contributed by atoms with E-state index in [0.29, 0.717) is 10.6 Å². The third kappa shape index (κ3) is 11.8. The Bertz CT molecular complexity index is 1080. The molecular formula is C29H39N4O2ReS3-3. The number of nitrogens with zero attached hydrogens (tertiary/aromatic N) is 3. The SMILES string of the molecule is NS(=O)c1ccc(-c2c(-c3ccccc3)noc2CCCCCCCCN(CC[S-])CC[N-]CC[S-])cc1.[Re]. The van der Waals surface area contributed by atoms with Gasteiger partial charge in [0, 0.05) is 32.4 Å². The Labute approximate surface area is 261 Å². The Morgan fingerprint density at radius 2 is 1.51 bits per heavy atom. The minimum absolute atomic E-state index is 0. The molecule has 0 aliphatic heterocycles. The molecule has 3 rings (SSSR count). The molecule has 0 fully saturated rings. The summed E-state index contributed by atoms with van der Waals surface area (Å²) in [4.78, 5) is 3.04.